The molecule has 0 aromatic heterocycles. The van der Waals surface area contributed by atoms with Crippen LogP contribution in [0.5, 0.6) is 11.5 Å². The molecule has 0 bridgehead atoms. The van der Waals surface area contributed by atoms with Gasteiger partial charge in [0.05, 0.1) is 18.9 Å². The molecule has 0 saturated heterocycles. The van der Waals surface area contributed by atoms with Crippen LogP contribution in [0.1, 0.15) is 39.7 Å². The third kappa shape index (κ3) is 3.19. The van der Waals surface area contributed by atoms with Gasteiger partial charge in [-0.25, -0.2) is 0 Å². The first kappa shape index (κ1) is 16.6. The molecule has 0 saturated carbocycles. The topological polar surface area (TPSA) is 59.0 Å². The van der Waals surface area contributed by atoms with E-state index in [-0.39, 0.29) is 12.5 Å². The average Bonchev–Trinajstić information content (AvgIpc) is 2.49. The van der Waals surface area contributed by atoms with E-state index in [0.717, 1.165) is 0 Å². The Morgan fingerprint density at radius 2 is 2.09 bits per heavy atom. The lowest BCUT2D eigenvalue weighted by molar-refractivity contribution is -0.126. The van der Waals surface area contributed by atoms with Gasteiger partial charge >= 0.3 is 0 Å². The molecule has 1 aliphatic heterocycles. The maximum Gasteiger partial charge on any atom is 0.268 e. The number of amides is 1. The van der Waals surface area contributed by atoms with E-state index in [1.54, 1.807) is 11.0 Å². The van der Waals surface area contributed by atoms with Crippen molar-refractivity contribution >= 4 is 11.6 Å². The standard InChI is InChI=1S/C17H25NO4/c1-5-14-17(20)18(9-11(3)4)13-7-12(10-19)8-15(21-6-2)16(13)22-14/h7-8,11,14,19H,5-6,9-10H2,1-4H3. The van der Waals surface area contributed by atoms with Gasteiger partial charge in [0, 0.05) is 6.54 Å². The Balaban J connectivity index is 2.55. The molecule has 1 atom stereocenters. The Bertz CT molecular complexity index is 542. The first-order valence-corrected chi connectivity index (χ1v) is 7.90. The van der Waals surface area contributed by atoms with E-state index in [1.165, 1.54) is 0 Å². The minimum Gasteiger partial charge on any atom is -0.490 e. The second kappa shape index (κ2) is 7.01. The van der Waals surface area contributed by atoms with Crippen molar-refractivity contribution in [3.63, 3.8) is 0 Å². The summed E-state index contributed by atoms with van der Waals surface area (Å²) in [6, 6.07) is 3.59. The number of hydrogen-bond donors (Lipinski definition) is 1. The molecular weight excluding hydrogens is 282 g/mol. The van der Waals surface area contributed by atoms with Gasteiger partial charge in [-0.1, -0.05) is 20.8 Å². The van der Waals surface area contributed by atoms with E-state index in [9.17, 15) is 9.90 Å². The number of ether oxygens (including phenoxy) is 2. The fourth-order valence-electron chi connectivity index (χ4n) is 2.61. The molecule has 1 heterocycles. The summed E-state index contributed by atoms with van der Waals surface area (Å²) in [6.45, 7) is 8.99. The number of nitrogens with zero attached hydrogens (tertiary/aromatic N) is 1. The second-order valence-electron chi connectivity index (χ2n) is 5.89. The van der Waals surface area contributed by atoms with Crippen LogP contribution in [0.15, 0.2) is 12.1 Å². The number of aliphatic hydroxyl groups excluding tert-OH is 1. The zero-order chi connectivity index (χ0) is 16.3. The van der Waals surface area contributed by atoms with Crippen molar-refractivity contribution < 1.29 is 19.4 Å². The Labute approximate surface area is 131 Å². The summed E-state index contributed by atoms with van der Waals surface area (Å²) in [5.41, 5.74) is 1.40. The summed E-state index contributed by atoms with van der Waals surface area (Å²) in [5.74, 6) is 1.50. The molecule has 0 spiro atoms. The zero-order valence-electron chi connectivity index (χ0n) is 13.8. The highest BCUT2D eigenvalue weighted by molar-refractivity contribution is 6.00. The molecule has 1 unspecified atom stereocenters. The summed E-state index contributed by atoms with van der Waals surface area (Å²) >= 11 is 0. The lowest BCUT2D eigenvalue weighted by Gasteiger charge is -2.36. The lowest BCUT2D eigenvalue weighted by Crippen LogP contribution is -2.47. The molecule has 22 heavy (non-hydrogen) atoms. The fourth-order valence-corrected chi connectivity index (χ4v) is 2.61. The summed E-state index contributed by atoms with van der Waals surface area (Å²) < 4.78 is 11.5. The van der Waals surface area contributed by atoms with Crippen molar-refractivity contribution in [2.24, 2.45) is 5.92 Å². The highest BCUT2D eigenvalue weighted by Gasteiger charge is 2.35. The van der Waals surface area contributed by atoms with Gasteiger partial charge in [-0.3, -0.25) is 4.79 Å². The van der Waals surface area contributed by atoms with Crippen LogP contribution in [-0.4, -0.2) is 30.3 Å². The summed E-state index contributed by atoms with van der Waals surface area (Å²) in [5, 5.41) is 9.46. The van der Waals surface area contributed by atoms with Gasteiger partial charge in [-0.05, 0) is 37.0 Å². The number of carbonyl (C=O) groups is 1. The van der Waals surface area contributed by atoms with Crippen molar-refractivity contribution in [1.82, 2.24) is 0 Å². The van der Waals surface area contributed by atoms with E-state index in [4.69, 9.17) is 9.47 Å². The van der Waals surface area contributed by atoms with Crippen LogP contribution in [0.25, 0.3) is 0 Å². The third-order valence-electron chi connectivity index (χ3n) is 3.59. The highest BCUT2D eigenvalue weighted by atomic mass is 16.5. The molecule has 1 N–H and O–H groups in total. The largest absolute Gasteiger partial charge is 0.490 e. The highest BCUT2D eigenvalue weighted by Crippen LogP contribution is 2.43. The van der Waals surface area contributed by atoms with E-state index in [2.05, 4.69) is 13.8 Å². The number of hydrogen-bond acceptors (Lipinski definition) is 4. The molecule has 5 heteroatoms. The SMILES string of the molecule is CCOc1cc(CO)cc2c1OC(CC)C(=O)N2CC(C)C. The van der Waals surface area contributed by atoms with Gasteiger partial charge in [0.2, 0.25) is 0 Å². The predicted octanol–water partition coefficient (Wildman–Crippen LogP) is 2.74. The van der Waals surface area contributed by atoms with Gasteiger partial charge in [-0.2, -0.15) is 0 Å². The number of fused-ring (bicyclic) bond motifs is 1. The molecule has 5 nitrogen and oxygen atoms in total. The minimum atomic E-state index is -0.481. The first-order chi connectivity index (χ1) is 10.5. The van der Waals surface area contributed by atoms with Crippen LogP contribution in [0.3, 0.4) is 0 Å². The second-order valence-corrected chi connectivity index (χ2v) is 5.89. The van der Waals surface area contributed by atoms with Crippen molar-refractivity contribution in [2.45, 2.75) is 46.8 Å². The quantitative estimate of drug-likeness (QED) is 0.878. The molecule has 122 valence electrons. The van der Waals surface area contributed by atoms with Crippen LogP contribution in [0.2, 0.25) is 0 Å². The van der Waals surface area contributed by atoms with Gasteiger partial charge in [-0.15, -0.1) is 0 Å². The van der Waals surface area contributed by atoms with Gasteiger partial charge in [0.25, 0.3) is 5.91 Å². The van der Waals surface area contributed by atoms with Gasteiger partial charge < -0.3 is 19.5 Å². The first-order valence-electron chi connectivity index (χ1n) is 7.90. The van der Waals surface area contributed by atoms with Crippen LogP contribution < -0.4 is 14.4 Å². The number of aliphatic hydroxyl groups is 1. The molecule has 1 aromatic carbocycles. The Kier molecular flexibility index (Phi) is 5.29. The molecule has 2 rings (SSSR count). The maximum atomic E-state index is 12.6. The Hall–Kier alpha value is -1.75. The maximum absolute atomic E-state index is 12.6. The summed E-state index contributed by atoms with van der Waals surface area (Å²) in [6.07, 6.45) is 0.130. The predicted molar refractivity (Wildman–Crippen MR) is 85.4 cm³/mol. The van der Waals surface area contributed by atoms with Crippen molar-refractivity contribution in [3.8, 4) is 11.5 Å². The molecule has 1 aromatic rings. The minimum absolute atomic E-state index is 0.0266. The number of benzene rings is 1. The Morgan fingerprint density at radius 3 is 2.64 bits per heavy atom. The molecule has 1 amide bonds. The normalized spacial score (nSPS) is 17.5. The van der Waals surface area contributed by atoms with Gasteiger partial charge in [0.15, 0.2) is 17.6 Å². The average molecular weight is 307 g/mol. The number of anilines is 1. The van der Waals surface area contributed by atoms with E-state index < -0.39 is 6.10 Å². The zero-order valence-corrected chi connectivity index (χ0v) is 13.8. The van der Waals surface area contributed by atoms with Gasteiger partial charge in [0.1, 0.15) is 0 Å². The molecule has 0 fully saturated rings. The van der Waals surface area contributed by atoms with Crippen molar-refractivity contribution in [3.05, 3.63) is 17.7 Å². The Morgan fingerprint density at radius 1 is 1.36 bits per heavy atom. The molecular formula is C17H25NO4. The number of rotatable bonds is 6. The summed E-state index contributed by atoms with van der Waals surface area (Å²) in [4.78, 5) is 14.4. The van der Waals surface area contributed by atoms with E-state index in [1.807, 2.05) is 19.9 Å². The lowest BCUT2D eigenvalue weighted by atomic mass is 10.1. The monoisotopic (exact) mass is 307 g/mol. The van der Waals surface area contributed by atoms with E-state index >= 15 is 0 Å². The number of carbonyl (C=O) groups excluding carboxylic acids is 1. The van der Waals surface area contributed by atoms with E-state index in [0.29, 0.717) is 48.2 Å². The van der Waals surface area contributed by atoms with Crippen molar-refractivity contribution in [1.29, 1.82) is 0 Å². The van der Waals surface area contributed by atoms with Crippen LogP contribution >= 0.6 is 0 Å². The molecule has 0 radical (unpaired) electrons. The molecule has 1 aliphatic rings. The van der Waals surface area contributed by atoms with Crippen LogP contribution in [0, 0.1) is 5.92 Å². The summed E-state index contributed by atoms with van der Waals surface area (Å²) in [7, 11) is 0. The third-order valence-corrected chi connectivity index (χ3v) is 3.59. The molecule has 0 aliphatic carbocycles. The van der Waals surface area contributed by atoms with Crippen LogP contribution in [-0.2, 0) is 11.4 Å². The fraction of sp³-hybridized carbons (Fsp3) is 0.588. The van der Waals surface area contributed by atoms with Crippen LogP contribution in [0.4, 0.5) is 5.69 Å². The van der Waals surface area contributed by atoms with Crippen molar-refractivity contribution in [2.75, 3.05) is 18.1 Å². The smallest absolute Gasteiger partial charge is 0.268 e.